The van der Waals surface area contributed by atoms with Gasteiger partial charge in [0.05, 0.1) is 0 Å². The molecule has 1 aromatic rings. The number of alkyl halides is 5. The second-order valence-electron chi connectivity index (χ2n) is 2.95. The molecule has 0 heterocycles. The van der Waals surface area contributed by atoms with Gasteiger partial charge in [0.2, 0.25) is 3.79 Å². The van der Waals surface area contributed by atoms with Crippen molar-refractivity contribution in [3.8, 4) is 0 Å². The van der Waals surface area contributed by atoms with Crippen molar-refractivity contribution in [2.45, 2.75) is 8.25 Å². The first-order valence-corrected chi connectivity index (χ1v) is 6.74. The Labute approximate surface area is 134 Å². The molecule has 0 unspecified atom stereocenters. The molecule has 0 amide bonds. The normalized spacial score (nSPS) is 13.9. The summed E-state index contributed by atoms with van der Waals surface area (Å²) in [6, 6.07) is 6.54. The Morgan fingerprint density at radius 2 is 1.41 bits per heavy atom. The van der Waals surface area contributed by atoms with Gasteiger partial charge in [-0.1, -0.05) is 93.3 Å². The van der Waals surface area contributed by atoms with Crippen molar-refractivity contribution in [1.29, 1.82) is 0 Å². The Morgan fingerprint density at radius 1 is 0.941 bits per heavy atom. The second-order valence-corrected chi connectivity index (χ2v) is 7.31. The third-order valence-corrected chi connectivity index (χ3v) is 4.35. The Balaban J connectivity index is 3.04. The van der Waals surface area contributed by atoms with Crippen molar-refractivity contribution in [2.75, 3.05) is 0 Å². The van der Waals surface area contributed by atoms with Gasteiger partial charge < -0.3 is 0 Å². The van der Waals surface area contributed by atoms with Gasteiger partial charge in [0.15, 0.2) is 0 Å². The van der Waals surface area contributed by atoms with Crippen LogP contribution < -0.4 is 0 Å². The molecule has 1 nitrogen and oxygen atoms in total. The van der Waals surface area contributed by atoms with Crippen LogP contribution in [0.25, 0.3) is 0 Å². The maximum absolute atomic E-state index is 5.91. The van der Waals surface area contributed by atoms with Gasteiger partial charge in [-0.2, -0.15) is 0 Å². The molecule has 94 valence electrons. The van der Waals surface area contributed by atoms with Crippen LogP contribution in [0.15, 0.2) is 29.3 Å². The first-order valence-electron chi connectivity index (χ1n) is 4.09. The highest BCUT2D eigenvalue weighted by Crippen LogP contribution is 2.47. The van der Waals surface area contributed by atoms with Crippen molar-refractivity contribution in [1.82, 2.24) is 0 Å². The van der Waals surface area contributed by atoms with Gasteiger partial charge in [0, 0.05) is 10.6 Å². The molecule has 0 aromatic heterocycles. The highest BCUT2D eigenvalue weighted by atomic mass is 35.6. The number of benzene rings is 1. The van der Waals surface area contributed by atoms with E-state index >= 15 is 0 Å². The van der Waals surface area contributed by atoms with Crippen LogP contribution in [0, 0.1) is 0 Å². The van der Waals surface area contributed by atoms with E-state index in [1.165, 1.54) is 0 Å². The lowest BCUT2D eigenvalue weighted by Gasteiger charge is -2.23. The van der Waals surface area contributed by atoms with E-state index in [1.807, 2.05) is 0 Å². The predicted octanol–water partition coefficient (Wildman–Crippen LogP) is 5.83. The first kappa shape index (κ1) is 16.0. The molecule has 8 heteroatoms. The molecule has 0 fully saturated rings. The third kappa shape index (κ3) is 4.50. The van der Waals surface area contributed by atoms with E-state index in [4.69, 9.17) is 81.2 Å². The molecule has 0 radical (unpaired) electrons. The molecule has 0 atom stereocenters. The number of halogens is 7. The number of hydrogen-bond donors (Lipinski definition) is 0. The molecular formula is C9H4Cl7N. The largest absolute Gasteiger partial charge is 0.256 e. The van der Waals surface area contributed by atoms with E-state index in [-0.39, 0.29) is 5.17 Å². The molecule has 0 N–H and O–H groups in total. The molecule has 0 saturated heterocycles. The van der Waals surface area contributed by atoms with Crippen LogP contribution in [0.4, 0.5) is 0 Å². The first-order chi connectivity index (χ1) is 7.63. The maximum atomic E-state index is 5.91. The fraction of sp³-hybridized carbons (Fsp3) is 0.222. The van der Waals surface area contributed by atoms with Crippen LogP contribution in [-0.2, 0) is 0 Å². The van der Waals surface area contributed by atoms with Crippen LogP contribution >= 0.6 is 81.2 Å². The van der Waals surface area contributed by atoms with E-state index in [2.05, 4.69) is 4.99 Å². The number of hydrogen-bond acceptors (Lipinski definition) is 1. The zero-order valence-electron chi connectivity index (χ0n) is 7.90. The topological polar surface area (TPSA) is 12.4 Å². The maximum Gasteiger partial charge on any atom is 0.256 e. The van der Waals surface area contributed by atoms with Crippen LogP contribution in [0.5, 0.6) is 0 Å². The lowest BCUT2D eigenvalue weighted by Crippen LogP contribution is -2.29. The Bertz CT molecular complexity index is 418. The van der Waals surface area contributed by atoms with E-state index in [1.54, 1.807) is 24.3 Å². The minimum Gasteiger partial charge on any atom is -0.230 e. The van der Waals surface area contributed by atoms with Crippen LogP contribution in [0.3, 0.4) is 0 Å². The Hall–Kier alpha value is 0.920. The standard InChI is InChI=1S/C9H4Cl7N/c10-6-3-1-5(2-4-6)7(11)17-9(15,16)8(12,13)14/h1-4H. The lowest BCUT2D eigenvalue weighted by atomic mass is 10.2. The molecule has 1 rings (SSSR count). The van der Waals surface area contributed by atoms with Crippen molar-refractivity contribution in [3.05, 3.63) is 34.9 Å². The average molecular weight is 374 g/mol. The predicted molar refractivity (Wildman–Crippen MR) is 78.6 cm³/mol. The summed E-state index contributed by atoms with van der Waals surface area (Å²) in [5, 5.41) is 0.570. The highest BCUT2D eigenvalue weighted by molar-refractivity contribution is 6.76. The smallest absolute Gasteiger partial charge is 0.230 e. The van der Waals surface area contributed by atoms with E-state index in [0.29, 0.717) is 10.6 Å². The van der Waals surface area contributed by atoms with Crippen molar-refractivity contribution < 1.29 is 0 Å². The average Bonchev–Trinajstić information content (AvgIpc) is 2.16. The molecule has 17 heavy (non-hydrogen) atoms. The van der Waals surface area contributed by atoms with Gasteiger partial charge >= 0.3 is 0 Å². The summed E-state index contributed by atoms with van der Waals surface area (Å²) in [5.41, 5.74) is 0.552. The SMILES string of the molecule is ClC(=NC(Cl)(Cl)C(Cl)(Cl)Cl)c1ccc(Cl)cc1. The van der Waals surface area contributed by atoms with Crippen LogP contribution in [0.2, 0.25) is 5.02 Å². The summed E-state index contributed by atoms with van der Waals surface area (Å²) in [7, 11) is 0. The summed E-state index contributed by atoms with van der Waals surface area (Å²) < 4.78 is -3.98. The number of rotatable bonds is 2. The van der Waals surface area contributed by atoms with Crippen LogP contribution in [0.1, 0.15) is 5.56 Å². The van der Waals surface area contributed by atoms with Gasteiger partial charge in [-0.05, 0) is 12.1 Å². The summed E-state index contributed by atoms with van der Waals surface area (Å²) in [5.74, 6) is 0. The van der Waals surface area contributed by atoms with Gasteiger partial charge in [-0.25, -0.2) is 4.99 Å². The molecular weight excluding hydrogens is 370 g/mol. The highest BCUT2D eigenvalue weighted by Gasteiger charge is 2.46. The van der Waals surface area contributed by atoms with Gasteiger partial charge in [0.25, 0.3) is 4.46 Å². The summed E-state index contributed by atoms with van der Waals surface area (Å²) in [4.78, 5) is 3.75. The summed E-state index contributed by atoms with van der Waals surface area (Å²) in [6.45, 7) is 0. The number of nitrogens with zero attached hydrogens (tertiary/aromatic N) is 1. The third-order valence-electron chi connectivity index (χ3n) is 1.66. The van der Waals surface area contributed by atoms with Crippen molar-refractivity contribution >= 4 is 86.4 Å². The fourth-order valence-electron chi connectivity index (χ4n) is 0.839. The zero-order valence-corrected chi connectivity index (χ0v) is 13.2. The van der Waals surface area contributed by atoms with E-state index in [9.17, 15) is 0 Å². The molecule has 0 spiro atoms. The minimum atomic E-state index is -2.00. The van der Waals surface area contributed by atoms with Crippen molar-refractivity contribution in [2.24, 2.45) is 4.99 Å². The monoisotopic (exact) mass is 371 g/mol. The van der Waals surface area contributed by atoms with Crippen molar-refractivity contribution in [3.63, 3.8) is 0 Å². The molecule has 0 aliphatic rings. The zero-order chi connectivity index (χ0) is 13.3. The van der Waals surface area contributed by atoms with Crippen LogP contribution in [-0.4, -0.2) is 13.4 Å². The van der Waals surface area contributed by atoms with E-state index in [0.717, 1.165) is 0 Å². The van der Waals surface area contributed by atoms with Gasteiger partial charge in [-0.15, -0.1) is 0 Å². The quantitative estimate of drug-likeness (QED) is 0.351. The van der Waals surface area contributed by atoms with E-state index < -0.39 is 8.25 Å². The fourth-order valence-corrected chi connectivity index (χ4v) is 1.60. The molecule has 0 aliphatic carbocycles. The van der Waals surface area contributed by atoms with Gasteiger partial charge in [-0.3, -0.25) is 0 Å². The molecule has 0 bridgehead atoms. The minimum absolute atomic E-state index is 0.0120. The number of aliphatic imine (C=N–C) groups is 1. The summed E-state index contributed by atoms with van der Waals surface area (Å²) in [6.07, 6.45) is 0. The Morgan fingerprint density at radius 3 is 1.82 bits per heavy atom. The second kappa shape index (κ2) is 5.92. The molecule has 0 aliphatic heterocycles. The lowest BCUT2D eigenvalue weighted by molar-refractivity contribution is 0.853. The molecule has 0 saturated carbocycles. The summed E-state index contributed by atoms with van der Waals surface area (Å²) >= 11 is 39.8. The van der Waals surface area contributed by atoms with Gasteiger partial charge in [0.1, 0.15) is 5.17 Å². The molecule has 1 aromatic carbocycles. The Kier molecular flexibility index (Phi) is 5.56.